The van der Waals surface area contributed by atoms with Crippen molar-refractivity contribution in [1.29, 1.82) is 0 Å². The Kier molecular flexibility index (Phi) is 4.92. The van der Waals surface area contributed by atoms with E-state index in [1.165, 1.54) is 0 Å². The van der Waals surface area contributed by atoms with Crippen LogP contribution in [-0.4, -0.2) is 35.0 Å². The number of para-hydroxylation sites is 1. The average molecular weight is 444 g/mol. The SMILES string of the molecule is CN1/C(=C\C(=O)COC(=O)c2ccc3c(=O)n4c(nc3c2)CCC4)C(C)(C)c2ccccc21. The average Bonchev–Trinajstić information content (AvgIpc) is 3.35. The predicted molar refractivity (Wildman–Crippen MR) is 126 cm³/mol. The number of hydrogen-bond acceptors (Lipinski definition) is 6. The number of fused-ring (bicyclic) bond motifs is 3. The molecule has 7 heteroatoms. The van der Waals surface area contributed by atoms with Crippen LogP contribution < -0.4 is 10.5 Å². The summed E-state index contributed by atoms with van der Waals surface area (Å²) >= 11 is 0. The van der Waals surface area contributed by atoms with Gasteiger partial charge in [0.05, 0.1) is 16.5 Å². The van der Waals surface area contributed by atoms with E-state index in [9.17, 15) is 14.4 Å². The van der Waals surface area contributed by atoms with Crippen molar-refractivity contribution in [3.8, 4) is 0 Å². The Morgan fingerprint density at radius 1 is 1.18 bits per heavy atom. The smallest absolute Gasteiger partial charge is 0.338 e. The van der Waals surface area contributed by atoms with Crippen molar-refractivity contribution in [2.45, 2.75) is 38.6 Å². The van der Waals surface area contributed by atoms with E-state index in [-0.39, 0.29) is 28.9 Å². The molecule has 0 saturated heterocycles. The van der Waals surface area contributed by atoms with Crippen molar-refractivity contribution in [3.63, 3.8) is 0 Å². The molecule has 0 saturated carbocycles. The van der Waals surface area contributed by atoms with Gasteiger partial charge in [-0.15, -0.1) is 0 Å². The van der Waals surface area contributed by atoms with Gasteiger partial charge in [0.25, 0.3) is 5.56 Å². The van der Waals surface area contributed by atoms with Crippen molar-refractivity contribution in [2.75, 3.05) is 18.6 Å². The van der Waals surface area contributed by atoms with Crippen LogP contribution in [0.5, 0.6) is 0 Å². The fourth-order valence-corrected chi connectivity index (χ4v) is 4.88. The van der Waals surface area contributed by atoms with E-state index in [4.69, 9.17) is 4.74 Å². The Hall–Kier alpha value is -3.74. The standard InChI is InChI=1S/C26H25N3O4/c1-26(2)19-7-4-5-8-21(19)28(3)22(26)14-17(30)15-33-25(32)16-10-11-18-20(13-16)27-23-9-6-12-29(23)24(18)31/h4-5,7-8,10-11,13-14H,6,9,12,15H2,1-3H3/b22-14-. The van der Waals surface area contributed by atoms with Crippen LogP contribution in [0.3, 0.4) is 0 Å². The summed E-state index contributed by atoms with van der Waals surface area (Å²) in [5.74, 6) is -0.168. The number of allylic oxidation sites excluding steroid dienone is 1. The molecule has 0 N–H and O–H groups in total. The Morgan fingerprint density at radius 2 is 1.97 bits per heavy atom. The van der Waals surface area contributed by atoms with Crippen molar-refractivity contribution in [1.82, 2.24) is 9.55 Å². The molecule has 1 aromatic heterocycles. The Bertz CT molecular complexity index is 1400. The predicted octanol–water partition coefficient (Wildman–Crippen LogP) is 3.38. The number of aromatic nitrogens is 2. The van der Waals surface area contributed by atoms with Crippen molar-refractivity contribution >= 4 is 28.3 Å². The molecule has 0 radical (unpaired) electrons. The van der Waals surface area contributed by atoms with Gasteiger partial charge in [0.2, 0.25) is 0 Å². The minimum atomic E-state index is -0.617. The highest BCUT2D eigenvalue weighted by Gasteiger charge is 2.38. The van der Waals surface area contributed by atoms with Gasteiger partial charge in [0, 0.05) is 42.9 Å². The van der Waals surface area contributed by atoms with Gasteiger partial charge in [-0.05, 0) is 36.2 Å². The number of ether oxygens (including phenoxy) is 1. The molecule has 2 aromatic carbocycles. The van der Waals surface area contributed by atoms with Gasteiger partial charge in [-0.1, -0.05) is 32.0 Å². The van der Waals surface area contributed by atoms with Gasteiger partial charge >= 0.3 is 5.97 Å². The second-order valence-electron chi connectivity index (χ2n) is 9.09. The third-order valence-electron chi connectivity index (χ3n) is 6.64. The van der Waals surface area contributed by atoms with Crippen LogP contribution in [0, 0.1) is 0 Å². The summed E-state index contributed by atoms with van der Waals surface area (Å²) in [7, 11) is 1.93. The van der Waals surface area contributed by atoms with E-state index in [1.54, 1.807) is 28.8 Å². The molecule has 3 heterocycles. The zero-order chi connectivity index (χ0) is 23.3. The molecule has 0 unspecified atom stereocenters. The first-order valence-corrected chi connectivity index (χ1v) is 11.1. The number of aryl methyl sites for hydroxylation is 1. The van der Waals surface area contributed by atoms with E-state index in [1.807, 2.05) is 30.1 Å². The number of likely N-dealkylation sites (N-methyl/N-ethyl adjacent to an activating group) is 1. The summed E-state index contributed by atoms with van der Waals surface area (Å²) in [5, 5.41) is 0.476. The fraction of sp³-hybridized carbons (Fsp3) is 0.308. The molecular formula is C26H25N3O4. The number of ketones is 1. The number of carbonyl (C=O) groups is 2. The van der Waals surface area contributed by atoms with Crippen LogP contribution in [0.1, 0.15) is 42.0 Å². The minimum absolute atomic E-state index is 0.0847. The van der Waals surface area contributed by atoms with Crippen LogP contribution in [0.15, 0.2) is 59.0 Å². The van der Waals surface area contributed by atoms with Gasteiger partial charge in [-0.3, -0.25) is 14.2 Å². The molecule has 3 aromatic rings. The summed E-state index contributed by atoms with van der Waals surface area (Å²) in [5.41, 5.74) is 3.39. The quantitative estimate of drug-likeness (QED) is 0.454. The van der Waals surface area contributed by atoms with Gasteiger partial charge in [-0.25, -0.2) is 9.78 Å². The summed E-state index contributed by atoms with van der Waals surface area (Å²) in [4.78, 5) is 44.4. The number of anilines is 1. The molecule has 2 aliphatic rings. The number of rotatable bonds is 4. The van der Waals surface area contributed by atoms with Crippen LogP contribution in [-0.2, 0) is 27.9 Å². The Labute approximate surface area is 191 Å². The zero-order valence-electron chi connectivity index (χ0n) is 18.9. The maximum Gasteiger partial charge on any atom is 0.338 e. The highest BCUT2D eigenvalue weighted by Crippen LogP contribution is 2.46. The van der Waals surface area contributed by atoms with Crippen LogP contribution in [0.25, 0.3) is 10.9 Å². The van der Waals surface area contributed by atoms with E-state index >= 15 is 0 Å². The summed E-state index contributed by atoms with van der Waals surface area (Å²) in [6.07, 6.45) is 3.19. The molecule has 33 heavy (non-hydrogen) atoms. The highest BCUT2D eigenvalue weighted by atomic mass is 16.5. The van der Waals surface area contributed by atoms with E-state index in [2.05, 4.69) is 24.9 Å². The molecule has 0 aliphatic carbocycles. The topological polar surface area (TPSA) is 81.5 Å². The number of hydrogen-bond donors (Lipinski definition) is 0. The lowest BCUT2D eigenvalue weighted by atomic mass is 9.83. The van der Waals surface area contributed by atoms with Crippen molar-refractivity contribution in [3.05, 3.63) is 81.5 Å². The normalized spacial score (nSPS) is 17.3. The van der Waals surface area contributed by atoms with Crippen molar-refractivity contribution in [2.24, 2.45) is 0 Å². The van der Waals surface area contributed by atoms with Gasteiger partial charge < -0.3 is 9.64 Å². The van der Waals surface area contributed by atoms with Gasteiger partial charge in [-0.2, -0.15) is 0 Å². The molecule has 0 atom stereocenters. The number of nitrogens with zero attached hydrogens (tertiary/aromatic N) is 3. The fourth-order valence-electron chi connectivity index (χ4n) is 4.88. The molecule has 0 fully saturated rings. The Balaban J connectivity index is 1.32. The molecular weight excluding hydrogens is 418 g/mol. The monoisotopic (exact) mass is 443 g/mol. The largest absolute Gasteiger partial charge is 0.454 e. The molecule has 5 rings (SSSR count). The van der Waals surface area contributed by atoms with E-state index < -0.39 is 5.97 Å². The second kappa shape index (κ2) is 7.69. The molecule has 7 nitrogen and oxygen atoms in total. The molecule has 168 valence electrons. The van der Waals surface area contributed by atoms with Gasteiger partial charge in [0.15, 0.2) is 12.4 Å². The third-order valence-corrected chi connectivity index (χ3v) is 6.64. The molecule has 0 amide bonds. The first kappa shape index (κ1) is 21.1. The summed E-state index contributed by atoms with van der Waals surface area (Å²) in [6, 6.07) is 12.8. The highest BCUT2D eigenvalue weighted by molar-refractivity contribution is 5.98. The lowest BCUT2D eigenvalue weighted by Crippen LogP contribution is -2.25. The maximum atomic E-state index is 12.7. The van der Waals surface area contributed by atoms with Crippen molar-refractivity contribution < 1.29 is 14.3 Å². The molecule has 0 spiro atoms. The summed E-state index contributed by atoms with van der Waals surface area (Å²) < 4.78 is 6.98. The second-order valence-corrected chi connectivity index (χ2v) is 9.09. The number of benzene rings is 2. The van der Waals surface area contributed by atoms with E-state index in [0.717, 1.165) is 35.6 Å². The molecule has 2 aliphatic heterocycles. The number of esters is 1. The van der Waals surface area contributed by atoms with Crippen LogP contribution in [0.2, 0.25) is 0 Å². The first-order valence-electron chi connectivity index (χ1n) is 11.1. The van der Waals surface area contributed by atoms with E-state index in [0.29, 0.717) is 17.4 Å². The lowest BCUT2D eigenvalue weighted by Gasteiger charge is -2.23. The lowest BCUT2D eigenvalue weighted by molar-refractivity contribution is -0.117. The minimum Gasteiger partial charge on any atom is -0.454 e. The Morgan fingerprint density at radius 3 is 2.76 bits per heavy atom. The summed E-state index contributed by atoms with van der Waals surface area (Å²) in [6.45, 7) is 4.46. The first-order chi connectivity index (χ1) is 15.8. The number of carbonyl (C=O) groups excluding carboxylic acids is 2. The van der Waals surface area contributed by atoms with Gasteiger partial charge in [0.1, 0.15) is 5.82 Å². The van der Waals surface area contributed by atoms with Crippen LogP contribution >= 0.6 is 0 Å². The third kappa shape index (κ3) is 3.44. The molecule has 0 bridgehead atoms. The maximum absolute atomic E-state index is 12.7. The zero-order valence-corrected chi connectivity index (χ0v) is 18.9. The van der Waals surface area contributed by atoms with Crippen LogP contribution in [0.4, 0.5) is 5.69 Å².